The van der Waals surface area contributed by atoms with Crippen LogP contribution in [0.4, 0.5) is 0 Å². The topological polar surface area (TPSA) is 12.5 Å². The standard InChI is InChI=1S/C25H53NO/c1-5-8-9-10-11-12-13-14-15-16-17-18-19-20-21-22-24-27-25(4)26(7-3)23-6-2/h25H,5-24H2,1-4H3. The number of ether oxygens (including phenoxy) is 1. The summed E-state index contributed by atoms with van der Waals surface area (Å²) < 4.78 is 5.99. The van der Waals surface area contributed by atoms with E-state index >= 15 is 0 Å². The van der Waals surface area contributed by atoms with Crippen LogP contribution in [-0.2, 0) is 4.74 Å². The van der Waals surface area contributed by atoms with Gasteiger partial charge in [0.05, 0.1) is 0 Å². The summed E-state index contributed by atoms with van der Waals surface area (Å²) in [6.45, 7) is 12.1. The highest BCUT2D eigenvalue weighted by atomic mass is 16.5. The zero-order valence-corrected chi connectivity index (χ0v) is 19.6. The van der Waals surface area contributed by atoms with Crippen molar-refractivity contribution in [3.05, 3.63) is 0 Å². The van der Waals surface area contributed by atoms with E-state index in [1.165, 1.54) is 109 Å². The molecule has 0 rings (SSSR count). The van der Waals surface area contributed by atoms with Gasteiger partial charge in [-0.1, -0.05) is 117 Å². The Balaban J connectivity index is 3.18. The lowest BCUT2D eigenvalue weighted by atomic mass is 10.0. The summed E-state index contributed by atoms with van der Waals surface area (Å²) in [5, 5.41) is 0. The molecule has 2 nitrogen and oxygen atoms in total. The van der Waals surface area contributed by atoms with Gasteiger partial charge in [0.15, 0.2) is 0 Å². The Bertz CT molecular complexity index is 269. The zero-order valence-electron chi connectivity index (χ0n) is 19.6. The van der Waals surface area contributed by atoms with Crippen LogP contribution >= 0.6 is 0 Å². The van der Waals surface area contributed by atoms with Gasteiger partial charge in [-0.05, 0) is 26.3 Å². The van der Waals surface area contributed by atoms with Crippen molar-refractivity contribution in [2.75, 3.05) is 19.7 Å². The fourth-order valence-corrected chi connectivity index (χ4v) is 3.89. The van der Waals surface area contributed by atoms with Crippen molar-refractivity contribution in [2.24, 2.45) is 0 Å². The normalized spacial score (nSPS) is 12.8. The van der Waals surface area contributed by atoms with Crippen molar-refractivity contribution in [1.29, 1.82) is 0 Å². The fourth-order valence-electron chi connectivity index (χ4n) is 3.89. The van der Waals surface area contributed by atoms with Crippen molar-refractivity contribution in [3.63, 3.8) is 0 Å². The van der Waals surface area contributed by atoms with E-state index in [-0.39, 0.29) is 6.23 Å². The second-order valence-electron chi connectivity index (χ2n) is 8.40. The lowest BCUT2D eigenvalue weighted by Crippen LogP contribution is -2.35. The summed E-state index contributed by atoms with van der Waals surface area (Å²) in [6.07, 6.45) is 24.3. The first-order chi connectivity index (χ1) is 13.3. The molecule has 0 radical (unpaired) electrons. The van der Waals surface area contributed by atoms with E-state index < -0.39 is 0 Å². The molecule has 0 aliphatic rings. The van der Waals surface area contributed by atoms with Crippen molar-refractivity contribution < 1.29 is 4.74 Å². The summed E-state index contributed by atoms with van der Waals surface area (Å²) in [6, 6.07) is 0. The van der Waals surface area contributed by atoms with Crippen molar-refractivity contribution in [1.82, 2.24) is 4.90 Å². The third-order valence-electron chi connectivity index (χ3n) is 5.79. The Morgan fingerprint density at radius 3 is 1.33 bits per heavy atom. The summed E-state index contributed by atoms with van der Waals surface area (Å²) in [4.78, 5) is 2.42. The van der Waals surface area contributed by atoms with Gasteiger partial charge in [-0.25, -0.2) is 0 Å². The van der Waals surface area contributed by atoms with Crippen LogP contribution in [0.1, 0.15) is 137 Å². The SMILES string of the molecule is CCCCCCCCCCCCCCCCCCOC(C)N(CC)CCC. The number of unbranched alkanes of at least 4 members (excludes halogenated alkanes) is 15. The van der Waals surface area contributed by atoms with E-state index in [2.05, 4.69) is 32.6 Å². The first kappa shape index (κ1) is 26.9. The minimum Gasteiger partial charge on any atom is -0.363 e. The second-order valence-corrected chi connectivity index (χ2v) is 8.40. The quantitative estimate of drug-likeness (QED) is 0.137. The number of hydrogen-bond acceptors (Lipinski definition) is 2. The Morgan fingerprint density at radius 2 is 0.963 bits per heavy atom. The largest absolute Gasteiger partial charge is 0.363 e. The van der Waals surface area contributed by atoms with Gasteiger partial charge in [-0.15, -0.1) is 0 Å². The fraction of sp³-hybridized carbons (Fsp3) is 1.00. The van der Waals surface area contributed by atoms with Crippen LogP contribution < -0.4 is 0 Å². The smallest absolute Gasteiger partial charge is 0.107 e. The maximum absolute atomic E-state index is 5.99. The van der Waals surface area contributed by atoms with Crippen LogP contribution in [0.3, 0.4) is 0 Å². The molecule has 0 saturated carbocycles. The van der Waals surface area contributed by atoms with Crippen molar-refractivity contribution in [2.45, 2.75) is 143 Å². The molecule has 27 heavy (non-hydrogen) atoms. The summed E-state index contributed by atoms with van der Waals surface area (Å²) in [7, 11) is 0. The van der Waals surface area contributed by atoms with Crippen LogP contribution in [0.5, 0.6) is 0 Å². The molecule has 0 aromatic carbocycles. The van der Waals surface area contributed by atoms with E-state index in [0.29, 0.717) is 0 Å². The van der Waals surface area contributed by atoms with Gasteiger partial charge in [0, 0.05) is 13.2 Å². The molecule has 164 valence electrons. The molecule has 1 unspecified atom stereocenters. The van der Waals surface area contributed by atoms with Crippen LogP contribution in [0.15, 0.2) is 0 Å². The first-order valence-corrected chi connectivity index (χ1v) is 12.6. The van der Waals surface area contributed by atoms with Gasteiger partial charge < -0.3 is 4.74 Å². The van der Waals surface area contributed by atoms with Crippen molar-refractivity contribution >= 4 is 0 Å². The zero-order chi connectivity index (χ0) is 20.0. The minimum absolute atomic E-state index is 0.284. The molecule has 0 aliphatic carbocycles. The van der Waals surface area contributed by atoms with Crippen LogP contribution in [-0.4, -0.2) is 30.8 Å². The molecule has 0 spiro atoms. The molecule has 0 bridgehead atoms. The highest BCUT2D eigenvalue weighted by Crippen LogP contribution is 2.14. The average Bonchev–Trinajstić information content (AvgIpc) is 2.68. The molecule has 0 N–H and O–H groups in total. The molecule has 0 fully saturated rings. The van der Waals surface area contributed by atoms with Gasteiger partial charge in [-0.3, -0.25) is 4.90 Å². The maximum atomic E-state index is 5.99. The Kier molecular flexibility index (Phi) is 22.1. The van der Waals surface area contributed by atoms with Gasteiger partial charge in [0.2, 0.25) is 0 Å². The van der Waals surface area contributed by atoms with E-state index in [1.54, 1.807) is 0 Å². The van der Waals surface area contributed by atoms with E-state index in [0.717, 1.165) is 19.7 Å². The molecule has 0 aromatic heterocycles. The number of rotatable bonds is 22. The molecule has 0 heterocycles. The van der Waals surface area contributed by atoms with Gasteiger partial charge >= 0.3 is 0 Å². The van der Waals surface area contributed by atoms with E-state index in [4.69, 9.17) is 4.74 Å². The average molecular weight is 384 g/mol. The third kappa shape index (κ3) is 19.0. The van der Waals surface area contributed by atoms with E-state index in [1.807, 2.05) is 0 Å². The minimum atomic E-state index is 0.284. The number of nitrogens with zero attached hydrogens (tertiary/aromatic N) is 1. The highest BCUT2D eigenvalue weighted by molar-refractivity contribution is 4.56. The van der Waals surface area contributed by atoms with Crippen LogP contribution in [0, 0.1) is 0 Å². The van der Waals surface area contributed by atoms with Gasteiger partial charge in [-0.2, -0.15) is 0 Å². The Labute approximate surface area is 172 Å². The molecule has 2 heteroatoms. The van der Waals surface area contributed by atoms with Gasteiger partial charge in [0.25, 0.3) is 0 Å². The maximum Gasteiger partial charge on any atom is 0.107 e. The predicted molar refractivity (Wildman–Crippen MR) is 122 cm³/mol. The third-order valence-corrected chi connectivity index (χ3v) is 5.79. The molecule has 0 saturated heterocycles. The first-order valence-electron chi connectivity index (χ1n) is 12.6. The molecular formula is C25H53NO. The number of hydrogen-bond donors (Lipinski definition) is 0. The summed E-state index contributed by atoms with van der Waals surface area (Å²) >= 11 is 0. The lowest BCUT2D eigenvalue weighted by molar-refractivity contribution is -0.0462. The second kappa shape index (κ2) is 22.2. The Morgan fingerprint density at radius 1 is 0.556 bits per heavy atom. The summed E-state index contributed by atoms with van der Waals surface area (Å²) in [5.74, 6) is 0. The lowest BCUT2D eigenvalue weighted by Gasteiger charge is -2.27. The van der Waals surface area contributed by atoms with E-state index in [9.17, 15) is 0 Å². The molecule has 0 aliphatic heterocycles. The highest BCUT2D eigenvalue weighted by Gasteiger charge is 2.10. The van der Waals surface area contributed by atoms with Gasteiger partial charge in [0.1, 0.15) is 6.23 Å². The monoisotopic (exact) mass is 383 g/mol. The molecular weight excluding hydrogens is 330 g/mol. The molecule has 0 aromatic rings. The predicted octanol–water partition coefficient (Wildman–Crippen LogP) is 8.34. The molecule has 1 atom stereocenters. The Hall–Kier alpha value is -0.0800. The van der Waals surface area contributed by atoms with Crippen LogP contribution in [0.2, 0.25) is 0 Å². The summed E-state index contributed by atoms with van der Waals surface area (Å²) in [5.41, 5.74) is 0. The molecule has 0 amide bonds. The van der Waals surface area contributed by atoms with Crippen molar-refractivity contribution in [3.8, 4) is 0 Å². The van der Waals surface area contributed by atoms with Crippen LogP contribution in [0.25, 0.3) is 0 Å².